The van der Waals surface area contributed by atoms with Crippen LogP contribution >= 0.6 is 11.6 Å². The van der Waals surface area contributed by atoms with Crippen LogP contribution in [0.2, 0.25) is 5.15 Å². The zero-order valence-electron chi connectivity index (χ0n) is 16.7. The molecule has 0 aliphatic carbocycles. The lowest BCUT2D eigenvalue weighted by Gasteiger charge is -2.55. The molecule has 2 aromatic rings. The molecule has 28 heavy (non-hydrogen) atoms. The van der Waals surface area contributed by atoms with Gasteiger partial charge in [0.15, 0.2) is 5.65 Å². The first-order valence-electron chi connectivity index (χ1n) is 9.67. The van der Waals surface area contributed by atoms with E-state index in [4.69, 9.17) is 21.3 Å². The molecule has 2 saturated heterocycles. The Morgan fingerprint density at radius 3 is 2.86 bits per heavy atom. The van der Waals surface area contributed by atoms with Crippen molar-refractivity contribution in [2.75, 3.05) is 12.0 Å². The maximum atomic E-state index is 11.8. The number of carbonyl (C=O) groups excluding carboxylic acids is 1. The van der Waals surface area contributed by atoms with Crippen LogP contribution in [0.15, 0.2) is 18.3 Å². The molecular formula is C20H26ClN5O2. The van der Waals surface area contributed by atoms with Crippen molar-refractivity contribution >= 4 is 34.7 Å². The van der Waals surface area contributed by atoms with Gasteiger partial charge in [0, 0.05) is 17.6 Å². The van der Waals surface area contributed by atoms with Gasteiger partial charge in [-0.05, 0) is 43.2 Å². The normalized spacial score (nSPS) is 27.1. The number of ether oxygens (including phenoxy) is 1. The number of halogens is 1. The molecule has 0 aromatic carbocycles. The highest BCUT2D eigenvalue weighted by Gasteiger charge is 2.58. The van der Waals surface area contributed by atoms with E-state index in [0.717, 1.165) is 37.0 Å². The second kappa shape index (κ2) is 6.72. The lowest BCUT2D eigenvalue weighted by atomic mass is 9.67. The summed E-state index contributed by atoms with van der Waals surface area (Å²) in [5.74, 6) is 0.866. The molecule has 0 saturated carbocycles. The summed E-state index contributed by atoms with van der Waals surface area (Å²) in [4.78, 5) is 27.9. The zero-order valence-corrected chi connectivity index (χ0v) is 17.5. The number of nitrogens with zero attached hydrogens (tertiary/aromatic N) is 4. The molecular weight excluding hydrogens is 378 g/mol. The SMILES string of the molecule is COC(=O)NC1CC2CCC(C(C)(C)C)(C1)N2c1cnc2nc(Cl)ccc2n1. The van der Waals surface area contributed by atoms with Gasteiger partial charge in [0.1, 0.15) is 16.5 Å². The lowest BCUT2D eigenvalue weighted by Crippen LogP contribution is -2.63. The highest BCUT2D eigenvalue weighted by molar-refractivity contribution is 6.29. The Balaban J connectivity index is 1.74. The van der Waals surface area contributed by atoms with Crippen molar-refractivity contribution in [3.8, 4) is 0 Å². The van der Waals surface area contributed by atoms with Crippen molar-refractivity contribution in [3.63, 3.8) is 0 Å². The van der Waals surface area contributed by atoms with Gasteiger partial charge < -0.3 is 15.0 Å². The van der Waals surface area contributed by atoms with Crippen molar-refractivity contribution in [3.05, 3.63) is 23.5 Å². The number of amides is 1. The monoisotopic (exact) mass is 403 g/mol. The Morgan fingerprint density at radius 1 is 1.36 bits per heavy atom. The summed E-state index contributed by atoms with van der Waals surface area (Å²) in [5.41, 5.74) is 1.16. The number of fused-ring (bicyclic) bond motifs is 3. The van der Waals surface area contributed by atoms with Crippen molar-refractivity contribution in [1.82, 2.24) is 20.3 Å². The molecule has 7 nitrogen and oxygen atoms in total. The first-order chi connectivity index (χ1) is 13.2. The fourth-order valence-corrected chi connectivity index (χ4v) is 5.16. The lowest BCUT2D eigenvalue weighted by molar-refractivity contribution is 0.123. The van der Waals surface area contributed by atoms with Crippen molar-refractivity contribution in [2.24, 2.45) is 5.41 Å². The standard InChI is InChI=1S/C20H26ClN5O2/c1-19(2,3)20-8-7-13(9-12(10-20)23-18(27)28-4)26(20)16-11-22-17-14(24-16)5-6-15(21)25-17/h5-6,11-13H,7-10H2,1-4H3,(H,23,27). The molecule has 1 N–H and O–H groups in total. The van der Waals surface area contributed by atoms with Crippen LogP contribution in [0.3, 0.4) is 0 Å². The van der Waals surface area contributed by atoms with Gasteiger partial charge in [-0.15, -0.1) is 0 Å². The number of rotatable bonds is 2. The molecule has 2 aliphatic heterocycles. The molecule has 4 rings (SSSR count). The minimum Gasteiger partial charge on any atom is -0.453 e. The van der Waals surface area contributed by atoms with Crippen LogP contribution in [0.5, 0.6) is 0 Å². The highest BCUT2D eigenvalue weighted by atomic mass is 35.5. The van der Waals surface area contributed by atoms with Gasteiger partial charge in [-0.2, -0.15) is 0 Å². The van der Waals surface area contributed by atoms with Crippen LogP contribution in [0, 0.1) is 5.41 Å². The van der Waals surface area contributed by atoms with E-state index in [1.54, 1.807) is 12.3 Å². The fraction of sp³-hybridized carbons (Fsp3) is 0.600. The number of anilines is 1. The molecule has 1 amide bonds. The second-order valence-corrected chi connectivity index (χ2v) is 9.21. The Bertz CT molecular complexity index is 915. The summed E-state index contributed by atoms with van der Waals surface area (Å²) >= 11 is 5.98. The van der Waals surface area contributed by atoms with Crippen LogP contribution in [0.25, 0.3) is 11.2 Å². The number of hydrogen-bond acceptors (Lipinski definition) is 6. The second-order valence-electron chi connectivity index (χ2n) is 8.82. The molecule has 8 heteroatoms. The highest BCUT2D eigenvalue weighted by Crippen LogP contribution is 2.54. The van der Waals surface area contributed by atoms with Crippen LogP contribution in [-0.2, 0) is 4.74 Å². The molecule has 150 valence electrons. The van der Waals surface area contributed by atoms with Crippen LogP contribution in [0.4, 0.5) is 10.6 Å². The molecule has 4 heterocycles. The van der Waals surface area contributed by atoms with E-state index >= 15 is 0 Å². The van der Waals surface area contributed by atoms with Crippen LogP contribution in [0.1, 0.15) is 46.5 Å². The summed E-state index contributed by atoms with van der Waals surface area (Å²) in [6, 6.07) is 3.98. The summed E-state index contributed by atoms with van der Waals surface area (Å²) in [7, 11) is 1.41. The quantitative estimate of drug-likeness (QED) is 0.764. The summed E-state index contributed by atoms with van der Waals surface area (Å²) < 4.78 is 4.83. The Hall–Kier alpha value is -2.15. The third kappa shape index (κ3) is 3.05. The van der Waals surface area contributed by atoms with Crippen molar-refractivity contribution in [1.29, 1.82) is 0 Å². The van der Waals surface area contributed by atoms with E-state index < -0.39 is 0 Å². The third-order valence-corrected chi connectivity index (χ3v) is 6.58. The van der Waals surface area contributed by atoms with Crippen molar-refractivity contribution < 1.29 is 9.53 Å². The smallest absolute Gasteiger partial charge is 0.407 e. The topological polar surface area (TPSA) is 80.2 Å². The van der Waals surface area contributed by atoms with Gasteiger partial charge in [-0.25, -0.2) is 19.7 Å². The number of piperidine rings is 1. The number of alkyl carbamates (subject to hydrolysis) is 1. The molecule has 2 fully saturated rings. The number of pyridine rings is 1. The molecule has 3 atom stereocenters. The van der Waals surface area contributed by atoms with Gasteiger partial charge in [-0.1, -0.05) is 32.4 Å². The summed E-state index contributed by atoms with van der Waals surface area (Å²) in [5, 5.41) is 3.44. The average molecular weight is 404 g/mol. The van der Waals surface area contributed by atoms with E-state index in [2.05, 4.69) is 41.0 Å². The largest absolute Gasteiger partial charge is 0.453 e. The van der Waals surface area contributed by atoms with Crippen LogP contribution in [-0.4, -0.2) is 45.8 Å². The van der Waals surface area contributed by atoms with Gasteiger partial charge in [0.05, 0.1) is 13.3 Å². The van der Waals surface area contributed by atoms with E-state index in [9.17, 15) is 4.79 Å². The molecule has 0 spiro atoms. The maximum Gasteiger partial charge on any atom is 0.407 e. The maximum absolute atomic E-state index is 11.8. The zero-order chi connectivity index (χ0) is 20.1. The minimum absolute atomic E-state index is 0.00684. The van der Waals surface area contributed by atoms with Crippen LogP contribution < -0.4 is 10.2 Å². The third-order valence-electron chi connectivity index (χ3n) is 6.37. The number of aromatic nitrogens is 3. The molecule has 2 aromatic heterocycles. The number of carbonyl (C=O) groups is 1. The molecule has 3 unspecified atom stereocenters. The predicted molar refractivity (Wildman–Crippen MR) is 109 cm³/mol. The van der Waals surface area contributed by atoms with E-state index in [0.29, 0.717) is 16.8 Å². The number of nitrogens with one attached hydrogen (secondary N) is 1. The Labute approximate surface area is 169 Å². The fourth-order valence-electron chi connectivity index (χ4n) is 5.02. The average Bonchev–Trinajstić information content (AvgIpc) is 2.89. The first-order valence-corrected chi connectivity index (χ1v) is 10.0. The molecule has 2 aliphatic rings. The van der Waals surface area contributed by atoms with Gasteiger partial charge in [0.25, 0.3) is 0 Å². The number of methoxy groups -OCH3 is 1. The predicted octanol–water partition coefficient (Wildman–Crippen LogP) is 3.95. The molecule has 2 bridgehead atoms. The van der Waals surface area contributed by atoms with Gasteiger partial charge >= 0.3 is 6.09 Å². The number of hydrogen-bond donors (Lipinski definition) is 1. The van der Waals surface area contributed by atoms with E-state index in [1.165, 1.54) is 7.11 Å². The van der Waals surface area contributed by atoms with E-state index in [-0.39, 0.29) is 23.1 Å². The minimum atomic E-state index is -0.365. The van der Waals surface area contributed by atoms with Crippen molar-refractivity contribution in [2.45, 2.75) is 64.1 Å². The Kier molecular flexibility index (Phi) is 4.61. The molecule has 0 radical (unpaired) electrons. The first kappa shape index (κ1) is 19.2. The van der Waals surface area contributed by atoms with Gasteiger partial charge in [-0.3, -0.25) is 0 Å². The van der Waals surface area contributed by atoms with Gasteiger partial charge in [0.2, 0.25) is 0 Å². The summed E-state index contributed by atoms with van der Waals surface area (Å²) in [6.45, 7) is 6.79. The summed E-state index contributed by atoms with van der Waals surface area (Å²) in [6.07, 6.45) is 5.27. The Morgan fingerprint density at radius 2 is 2.14 bits per heavy atom. The van der Waals surface area contributed by atoms with E-state index in [1.807, 2.05) is 6.07 Å².